The number of aromatic nitrogens is 2. The highest BCUT2D eigenvalue weighted by Gasteiger charge is 2.42. The molecule has 1 fully saturated rings. The highest BCUT2D eigenvalue weighted by atomic mass is 35.5. The molecule has 1 aromatic heterocycles. The molecule has 0 atom stereocenters. The molecule has 0 aliphatic heterocycles. The Morgan fingerprint density at radius 1 is 1.60 bits per heavy atom. The lowest BCUT2D eigenvalue weighted by molar-refractivity contribution is 0.266. The van der Waals surface area contributed by atoms with E-state index in [1.54, 1.807) is 7.05 Å². The zero-order valence-electron chi connectivity index (χ0n) is 8.42. The summed E-state index contributed by atoms with van der Waals surface area (Å²) in [5.74, 6) is 1.08. The van der Waals surface area contributed by atoms with Gasteiger partial charge >= 0.3 is 0 Å². The summed E-state index contributed by atoms with van der Waals surface area (Å²) in [7, 11) is 1.74. The van der Waals surface area contributed by atoms with E-state index in [9.17, 15) is 5.11 Å². The number of rotatable bonds is 4. The number of halogens is 1. The van der Waals surface area contributed by atoms with Crippen LogP contribution in [0, 0.1) is 0 Å². The van der Waals surface area contributed by atoms with Gasteiger partial charge in [0.25, 0.3) is 0 Å². The van der Waals surface area contributed by atoms with Crippen molar-refractivity contribution >= 4 is 23.4 Å². The summed E-state index contributed by atoms with van der Waals surface area (Å²) >= 11 is 5.95. The number of aliphatic hydroxyl groups excluding tert-OH is 1. The van der Waals surface area contributed by atoms with Gasteiger partial charge in [0.05, 0.1) is 18.3 Å². The van der Waals surface area contributed by atoms with Crippen molar-refractivity contribution < 1.29 is 5.11 Å². The van der Waals surface area contributed by atoms with E-state index in [0.29, 0.717) is 16.8 Å². The molecule has 1 saturated carbocycles. The van der Waals surface area contributed by atoms with Crippen LogP contribution >= 0.6 is 11.6 Å². The van der Waals surface area contributed by atoms with Crippen LogP contribution in [0.2, 0.25) is 5.02 Å². The molecule has 6 heteroatoms. The van der Waals surface area contributed by atoms with E-state index in [4.69, 9.17) is 11.6 Å². The molecule has 0 radical (unpaired) electrons. The van der Waals surface area contributed by atoms with E-state index in [1.165, 1.54) is 6.20 Å². The van der Waals surface area contributed by atoms with Crippen LogP contribution in [0.15, 0.2) is 6.20 Å². The molecule has 0 bridgehead atoms. The molecule has 15 heavy (non-hydrogen) atoms. The van der Waals surface area contributed by atoms with Gasteiger partial charge in [0.15, 0.2) is 5.82 Å². The predicted octanol–water partition coefficient (Wildman–Crippen LogP) is 1.11. The zero-order chi connectivity index (χ0) is 10.9. The van der Waals surface area contributed by atoms with Gasteiger partial charge in [-0.15, -0.1) is 0 Å². The van der Waals surface area contributed by atoms with E-state index in [1.807, 2.05) is 0 Å². The second kappa shape index (κ2) is 3.83. The molecule has 1 heterocycles. The zero-order valence-corrected chi connectivity index (χ0v) is 9.17. The van der Waals surface area contributed by atoms with E-state index in [-0.39, 0.29) is 12.1 Å². The van der Waals surface area contributed by atoms with Gasteiger partial charge < -0.3 is 15.7 Å². The number of hydrogen-bond acceptors (Lipinski definition) is 5. The fourth-order valence-corrected chi connectivity index (χ4v) is 1.44. The number of nitrogens with one attached hydrogen (secondary N) is 2. The summed E-state index contributed by atoms with van der Waals surface area (Å²) in [5.41, 5.74) is -0.219. The number of hydrogen-bond donors (Lipinski definition) is 3. The number of aliphatic hydroxyl groups is 1. The molecule has 82 valence electrons. The van der Waals surface area contributed by atoms with Crippen LogP contribution in [0.1, 0.15) is 12.8 Å². The van der Waals surface area contributed by atoms with Crippen molar-refractivity contribution in [1.29, 1.82) is 0 Å². The van der Waals surface area contributed by atoms with Crippen molar-refractivity contribution in [3.8, 4) is 0 Å². The molecule has 0 saturated heterocycles. The fraction of sp³-hybridized carbons (Fsp3) is 0.556. The smallest absolute Gasteiger partial charge is 0.224 e. The minimum absolute atomic E-state index is 0.0994. The minimum Gasteiger partial charge on any atom is -0.394 e. The van der Waals surface area contributed by atoms with Crippen LogP contribution in [0.25, 0.3) is 0 Å². The summed E-state index contributed by atoms with van der Waals surface area (Å²) in [6.45, 7) is 0.0994. The minimum atomic E-state index is -0.219. The van der Waals surface area contributed by atoms with Gasteiger partial charge in [0.2, 0.25) is 5.95 Å². The summed E-state index contributed by atoms with van der Waals surface area (Å²) in [5, 5.41) is 15.6. The SMILES string of the molecule is CNc1ncc(Cl)c(NC2(CO)CC2)n1. The lowest BCUT2D eigenvalue weighted by atomic mass is 10.3. The molecule has 1 aliphatic rings. The van der Waals surface area contributed by atoms with Gasteiger partial charge in [0, 0.05) is 7.05 Å². The average molecular weight is 229 g/mol. The molecule has 2 rings (SSSR count). The average Bonchev–Trinajstić information content (AvgIpc) is 3.02. The van der Waals surface area contributed by atoms with Gasteiger partial charge in [-0.1, -0.05) is 11.6 Å². The maximum absolute atomic E-state index is 9.17. The fourth-order valence-electron chi connectivity index (χ4n) is 1.30. The Morgan fingerprint density at radius 3 is 2.87 bits per heavy atom. The van der Waals surface area contributed by atoms with Crippen LogP contribution in [0.5, 0.6) is 0 Å². The molecule has 0 amide bonds. The van der Waals surface area contributed by atoms with Gasteiger partial charge in [-0.05, 0) is 12.8 Å². The highest BCUT2D eigenvalue weighted by Crippen LogP contribution is 2.39. The van der Waals surface area contributed by atoms with Crippen LogP contribution in [0.4, 0.5) is 11.8 Å². The van der Waals surface area contributed by atoms with Crippen LogP contribution in [-0.4, -0.2) is 34.3 Å². The molecule has 1 aromatic rings. The molecule has 1 aliphatic carbocycles. The summed E-state index contributed by atoms with van der Waals surface area (Å²) in [6.07, 6.45) is 3.42. The monoisotopic (exact) mass is 228 g/mol. The van der Waals surface area contributed by atoms with E-state index >= 15 is 0 Å². The van der Waals surface area contributed by atoms with Gasteiger partial charge in [0.1, 0.15) is 5.02 Å². The third-order valence-corrected chi connectivity index (χ3v) is 2.78. The Bertz CT molecular complexity index is 367. The first-order valence-electron chi connectivity index (χ1n) is 4.78. The Labute approximate surface area is 92.9 Å². The molecule has 0 unspecified atom stereocenters. The van der Waals surface area contributed by atoms with Gasteiger partial charge in [-0.3, -0.25) is 0 Å². The van der Waals surface area contributed by atoms with Crippen LogP contribution in [-0.2, 0) is 0 Å². The van der Waals surface area contributed by atoms with E-state index in [0.717, 1.165) is 12.8 Å². The summed E-state index contributed by atoms with van der Waals surface area (Å²) in [6, 6.07) is 0. The Balaban J connectivity index is 2.19. The topological polar surface area (TPSA) is 70.1 Å². The molecular weight excluding hydrogens is 216 g/mol. The number of nitrogens with zero attached hydrogens (tertiary/aromatic N) is 2. The largest absolute Gasteiger partial charge is 0.394 e. The quantitative estimate of drug-likeness (QED) is 0.720. The standard InChI is InChI=1S/C9H13ClN4O/c1-11-8-12-4-6(10)7(13-8)14-9(5-15)2-3-9/h4,15H,2-3,5H2,1H3,(H2,11,12,13,14). The third-order valence-electron chi connectivity index (χ3n) is 2.51. The summed E-state index contributed by atoms with van der Waals surface area (Å²) in [4.78, 5) is 8.16. The molecule has 5 nitrogen and oxygen atoms in total. The van der Waals surface area contributed by atoms with Crippen LogP contribution < -0.4 is 10.6 Å². The third kappa shape index (κ3) is 2.13. The molecule has 3 N–H and O–H groups in total. The second-order valence-corrected chi connectivity index (χ2v) is 4.11. The Hall–Kier alpha value is -1.07. The lowest BCUT2D eigenvalue weighted by Crippen LogP contribution is -2.26. The van der Waals surface area contributed by atoms with Crippen molar-refractivity contribution in [1.82, 2.24) is 9.97 Å². The first kappa shape index (κ1) is 10.4. The molecule has 0 spiro atoms. The van der Waals surface area contributed by atoms with E-state index < -0.39 is 0 Å². The molecule has 0 aromatic carbocycles. The number of anilines is 2. The van der Waals surface area contributed by atoms with Crippen molar-refractivity contribution in [2.75, 3.05) is 24.3 Å². The second-order valence-electron chi connectivity index (χ2n) is 3.70. The van der Waals surface area contributed by atoms with Crippen molar-refractivity contribution in [2.45, 2.75) is 18.4 Å². The first-order valence-corrected chi connectivity index (χ1v) is 5.16. The predicted molar refractivity (Wildman–Crippen MR) is 59.3 cm³/mol. The van der Waals surface area contributed by atoms with Crippen molar-refractivity contribution in [2.24, 2.45) is 0 Å². The summed E-state index contributed by atoms with van der Waals surface area (Å²) < 4.78 is 0. The Morgan fingerprint density at radius 2 is 2.33 bits per heavy atom. The first-order chi connectivity index (χ1) is 7.19. The Kier molecular flexibility index (Phi) is 2.67. The van der Waals surface area contributed by atoms with Crippen molar-refractivity contribution in [3.05, 3.63) is 11.2 Å². The van der Waals surface area contributed by atoms with E-state index in [2.05, 4.69) is 20.6 Å². The molecular formula is C9H13ClN4O. The normalized spacial score (nSPS) is 17.3. The lowest BCUT2D eigenvalue weighted by Gasteiger charge is -2.16. The van der Waals surface area contributed by atoms with Gasteiger partial charge in [-0.2, -0.15) is 4.98 Å². The van der Waals surface area contributed by atoms with Crippen LogP contribution in [0.3, 0.4) is 0 Å². The highest BCUT2D eigenvalue weighted by molar-refractivity contribution is 6.32. The maximum atomic E-state index is 9.17. The van der Waals surface area contributed by atoms with Crippen molar-refractivity contribution in [3.63, 3.8) is 0 Å². The maximum Gasteiger partial charge on any atom is 0.224 e. The van der Waals surface area contributed by atoms with Gasteiger partial charge in [-0.25, -0.2) is 4.98 Å².